The molecular weight excluding hydrogens is 270 g/mol. The van der Waals surface area contributed by atoms with E-state index in [9.17, 15) is 4.79 Å². The fourth-order valence-corrected chi connectivity index (χ4v) is 3.76. The second-order valence-corrected chi connectivity index (χ2v) is 7.15. The van der Waals surface area contributed by atoms with Gasteiger partial charge in [-0.15, -0.1) is 0 Å². The predicted molar refractivity (Wildman–Crippen MR) is 86.0 cm³/mol. The number of carbonyl (C=O) groups excluding carboxylic acids is 1. The van der Waals surface area contributed by atoms with E-state index < -0.39 is 0 Å². The molecule has 4 nitrogen and oxygen atoms in total. The van der Waals surface area contributed by atoms with E-state index in [1.807, 2.05) is 4.90 Å². The van der Waals surface area contributed by atoms with Crippen molar-refractivity contribution in [2.45, 2.75) is 38.1 Å². The number of hydrogen-bond acceptors (Lipinski definition) is 4. The van der Waals surface area contributed by atoms with Crippen LogP contribution in [0.15, 0.2) is 0 Å². The summed E-state index contributed by atoms with van der Waals surface area (Å²) in [6.07, 6.45) is 7.88. The maximum atomic E-state index is 12.2. The highest BCUT2D eigenvalue weighted by Gasteiger charge is 2.27. The number of rotatable bonds is 6. The summed E-state index contributed by atoms with van der Waals surface area (Å²) in [4.78, 5) is 16.8. The van der Waals surface area contributed by atoms with E-state index in [4.69, 9.17) is 5.73 Å². The summed E-state index contributed by atoms with van der Waals surface area (Å²) in [6.45, 7) is 5.60. The Hall–Kier alpha value is -0.260. The lowest BCUT2D eigenvalue weighted by Gasteiger charge is -2.35. The average Bonchev–Trinajstić information content (AvgIpc) is 2.97. The lowest BCUT2D eigenvalue weighted by Crippen LogP contribution is -2.48. The molecule has 2 heterocycles. The molecule has 116 valence electrons. The lowest BCUT2D eigenvalue weighted by atomic mass is 9.95. The highest BCUT2D eigenvalue weighted by atomic mass is 32.2. The zero-order valence-corrected chi connectivity index (χ0v) is 13.5. The van der Waals surface area contributed by atoms with E-state index in [1.165, 1.54) is 32.5 Å². The smallest absolute Gasteiger partial charge is 0.239 e. The minimum atomic E-state index is -0.294. The number of carbonyl (C=O) groups is 1. The first-order valence-electron chi connectivity index (χ1n) is 7.96. The zero-order chi connectivity index (χ0) is 14.4. The van der Waals surface area contributed by atoms with Gasteiger partial charge in [-0.25, -0.2) is 0 Å². The summed E-state index contributed by atoms with van der Waals surface area (Å²) in [5.74, 6) is 1.91. The van der Waals surface area contributed by atoms with Crippen LogP contribution < -0.4 is 5.73 Å². The van der Waals surface area contributed by atoms with E-state index in [0.29, 0.717) is 0 Å². The summed E-state index contributed by atoms with van der Waals surface area (Å²) >= 11 is 1.76. The molecule has 0 aromatic rings. The third-order valence-corrected chi connectivity index (χ3v) is 5.24. The van der Waals surface area contributed by atoms with Crippen LogP contribution in [0.5, 0.6) is 0 Å². The van der Waals surface area contributed by atoms with E-state index in [0.717, 1.165) is 44.0 Å². The molecule has 2 aliphatic heterocycles. The third kappa shape index (κ3) is 4.64. The molecule has 0 spiro atoms. The standard InChI is InChI=1S/C15H29N3OS/c1-20-11-6-14(16)15(19)18-9-4-13(5-10-18)12-17-7-2-3-8-17/h13-14H,2-12,16H2,1H3/t14-/m1/s1. The van der Waals surface area contributed by atoms with Gasteiger partial charge < -0.3 is 15.5 Å². The van der Waals surface area contributed by atoms with Crippen molar-refractivity contribution in [3.05, 3.63) is 0 Å². The van der Waals surface area contributed by atoms with E-state index >= 15 is 0 Å². The summed E-state index contributed by atoms with van der Waals surface area (Å²) in [7, 11) is 0. The molecule has 0 bridgehead atoms. The van der Waals surface area contributed by atoms with Crippen molar-refractivity contribution in [2.75, 3.05) is 44.7 Å². The molecule has 0 unspecified atom stereocenters. The number of amides is 1. The van der Waals surface area contributed by atoms with Gasteiger partial charge in [-0.05, 0) is 63.1 Å². The Bertz CT molecular complexity index is 299. The molecule has 0 aromatic heterocycles. The first kappa shape index (κ1) is 16.1. The van der Waals surface area contributed by atoms with Crippen molar-refractivity contribution in [1.82, 2.24) is 9.80 Å². The zero-order valence-electron chi connectivity index (χ0n) is 12.7. The molecule has 0 saturated carbocycles. The number of piperidine rings is 1. The Morgan fingerprint density at radius 1 is 1.25 bits per heavy atom. The van der Waals surface area contributed by atoms with Crippen LogP contribution in [0.3, 0.4) is 0 Å². The van der Waals surface area contributed by atoms with Crippen LogP contribution >= 0.6 is 11.8 Å². The van der Waals surface area contributed by atoms with Crippen LogP contribution in [0.2, 0.25) is 0 Å². The highest BCUT2D eigenvalue weighted by molar-refractivity contribution is 7.98. The molecule has 2 rings (SSSR count). The molecule has 0 aromatic carbocycles. The van der Waals surface area contributed by atoms with E-state index in [-0.39, 0.29) is 11.9 Å². The van der Waals surface area contributed by atoms with Crippen molar-refractivity contribution >= 4 is 17.7 Å². The van der Waals surface area contributed by atoms with Crippen LogP contribution in [0, 0.1) is 5.92 Å². The topological polar surface area (TPSA) is 49.6 Å². The van der Waals surface area contributed by atoms with Crippen molar-refractivity contribution in [2.24, 2.45) is 11.7 Å². The van der Waals surface area contributed by atoms with E-state index in [2.05, 4.69) is 11.2 Å². The maximum Gasteiger partial charge on any atom is 0.239 e. The van der Waals surface area contributed by atoms with Gasteiger partial charge in [0.15, 0.2) is 0 Å². The monoisotopic (exact) mass is 299 g/mol. The minimum absolute atomic E-state index is 0.165. The Labute approximate surface area is 127 Å². The van der Waals surface area contributed by atoms with Gasteiger partial charge in [0.1, 0.15) is 0 Å². The van der Waals surface area contributed by atoms with Crippen molar-refractivity contribution < 1.29 is 4.79 Å². The van der Waals surface area contributed by atoms with Gasteiger partial charge in [0.25, 0.3) is 0 Å². The van der Waals surface area contributed by atoms with Gasteiger partial charge in [0.2, 0.25) is 5.91 Å². The Kier molecular flexibility index (Phi) is 6.65. The second-order valence-electron chi connectivity index (χ2n) is 6.16. The summed E-state index contributed by atoms with van der Waals surface area (Å²) in [5.41, 5.74) is 5.99. The molecule has 2 fully saturated rings. The number of thioether (sulfide) groups is 1. The normalized spacial score (nSPS) is 23.2. The number of nitrogens with two attached hydrogens (primary N) is 1. The fourth-order valence-electron chi connectivity index (χ4n) is 3.27. The maximum absolute atomic E-state index is 12.2. The number of nitrogens with zero attached hydrogens (tertiary/aromatic N) is 2. The Morgan fingerprint density at radius 2 is 1.90 bits per heavy atom. The van der Waals surface area contributed by atoms with Crippen LogP contribution in [0.1, 0.15) is 32.1 Å². The fraction of sp³-hybridized carbons (Fsp3) is 0.933. The van der Waals surface area contributed by atoms with Gasteiger partial charge in [-0.2, -0.15) is 11.8 Å². The molecule has 5 heteroatoms. The van der Waals surface area contributed by atoms with Crippen molar-refractivity contribution in [3.8, 4) is 0 Å². The largest absolute Gasteiger partial charge is 0.341 e. The van der Waals surface area contributed by atoms with Crippen LogP contribution in [-0.2, 0) is 4.79 Å². The highest BCUT2D eigenvalue weighted by Crippen LogP contribution is 2.21. The first-order chi connectivity index (χ1) is 9.70. The summed E-state index contributed by atoms with van der Waals surface area (Å²) < 4.78 is 0. The molecule has 2 N–H and O–H groups in total. The lowest BCUT2D eigenvalue weighted by molar-refractivity contribution is -0.134. The molecule has 1 atom stereocenters. The molecule has 2 aliphatic rings. The van der Waals surface area contributed by atoms with Crippen molar-refractivity contribution in [3.63, 3.8) is 0 Å². The SMILES string of the molecule is CSCC[C@@H](N)C(=O)N1CCC(CN2CCCC2)CC1. The summed E-state index contributed by atoms with van der Waals surface area (Å²) in [5, 5.41) is 0. The molecule has 20 heavy (non-hydrogen) atoms. The molecule has 0 aliphatic carbocycles. The Morgan fingerprint density at radius 3 is 2.50 bits per heavy atom. The van der Waals surface area contributed by atoms with Crippen LogP contribution in [0.25, 0.3) is 0 Å². The van der Waals surface area contributed by atoms with Gasteiger partial charge in [0.05, 0.1) is 6.04 Å². The minimum Gasteiger partial charge on any atom is -0.341 e. The average molecular weight is 299 g/mol. The quantitative estimate of drug-likeness (QED) is 0.805. The molecule has 1 amide bonds. The summed E-state index contributed by atoms with van der Waals surface area (Å²) in [6, 6.07) is -0.294. The third-order valence-electron chi connectivity index (χ3n) is 4.59. The number of hydrogen-bond donors (Lipinski definition) is 1. The van der Waals surface area contributed by atoms with E-state index in [1.54, 1.807) is 11.8 Å². The van der Waals surface area contributed by atoms with Gasteiger partial charge >= 0.3 is 0 Å². The molecule has 2 saturated heterocycles. The molecular formula is C15H29N3OS. The van der Waals surface area contributed by atoms with Gasteiger partial charge in [-0.1, -0.05) is 0 Å². The predicted octanol–water partition coefficient (Wildman–Crippen LogP) is 1.40. The van der Waals surface area contributed by atoms with Crippen molar-refractivity contribution in [1.29, 1.82) is 0 Å². The first-order valence-corrected chi connectivity index (χ1v) is 9.35. The van der Waals surface area contributed by atoms with Crippen LogP contribution in [0.4, 0.5) is 0 Å². The number of likely N-dealkylation sites (tertiary alicyclic amines) is 2. The van der Waals surface area contributed by atoms with Gasteiger partial charge in [0, 0.05) is 19.6 Å². The molecule has 0 radical (unpaired) electrons. The van der Waals surface area contributed by atoms with Crippen LogP contribution in [-0.4, -0.2) is 66.5 Å². The second kappa shape index (κ2) is 8.25. The van der Waals surface area contributed by atoms with Gasteiger partial charge in [-0.3, -0.25) is 4.79 Å². The Balaban J connectivity index is 1.68.